The Kier molecular flexibility index (Phi) is 3.59. The van der Waals surface area contributed by atoms with Gasteiger partial charge in [0.15, 0.2) is 6.29 Å². The average molecular weight is 207 g/mol. The van der Waals surface area contributed by atoms with E-state index in [0.29, 0.717) is 13.2 Å². The van der Waals surface area contributed by atoms with E-state index in [1.807, 2.05) is 31.2 Å². The highest BCUT2D eigenvalue weighted by Crippen LogP contribution is 2.16. The number of ether oxygens (including phenoxy) is 3. The van der Waals surface area contributed by atoms with Crippen LogP contribution in [0.25, 0.3) is 0 Å². The summed E-state index contributed by atoms with van der Waals surface area (Å²) in [5.74, 6) is 0.845. The molecule has 1 aliphatic heterocycles. The van der Waals surface area contributed by atoms with Gasteiger partial charge in [-0.1, -0.05) is 19.1 Å². The van der Waals surface area contributed by atoms with Gasteiger partial charge in [-0.25, -0.2) is 0 Å². The highest BCUT2D eigenvalue weighted by molar-refractivity contribution is 5.20. The van der Waals surface area contributed by atoms with Gasteiger partial charge in [0.05, 0.1) is 6.61 Å². The SMILES string of the molecule is CCC1OCC(COc2cc[c]cc2)O1. The lowest BCUT2D eigenvalue weighted by Gasteiger charge is -2.11. The summed E-state index contributed by atoms with van der Waals surface area (Å²) in [7, 11) is 0. The summed E-state index contributed by atoms with van der Waals surface area (Å²) in [6.45, 7) is 3.21. The summed E-state index contributed by atoms with van der Waals surface area (Å²) in [4.78, 5) is 0. The van der Waals surface area contributed by atoms with Crippen molar-refractivity contribution >= 4 is 0 Å². The summed E-state index contributed by atoms with van der Waals surface area (Å²) in [5, 5.41) is 0. The first kappa shape index (κ1) is 10.5. The van der Waals surface area contributed by atoms with Crippen LogP contribution in [0.2, 0.25) is 0 Å². The Morgan fingerprint density at radius 2 is 2.27 bits per heavy atom. The second kappa shape index (κ2) is 5.14. The molecule has 0 saturated carbocycles. The number of rotatable bonds is 4. The molecule has 3 heteroatoms. The van der Waals surface area contributed by atoms with Crippen LogP contribution in [0.15, 0.2) is 24.3 Å². The van der Waals surface area contributed by atoms with Crippen molar-refractivity contribution in [2.75, 3.05) is 13.2 Å². The lowest BCUT2D eigenvalue weighted by Crippen LogP contribution is -2.20. The van der Waals surface area contributed by atoms with Crippen LogP contribution in [0.1, 0.15) is 13.3 Å². The van der Waals surface area contributed by atoms with Gasteiger partial charge in [-0.05, 0) is 24.6 Å². The van der Waals surface area contributed by atoms with Gasteiger partial charge < -0.3 is 14.2 Å². The molecule has 2 atom stereocenters. The van der Waals surface area contributed by atoms with Crippen LogP contribution in [0.3, 0.4) is 0 Å². The first-order valence-corrected chi connectivity index (χ1v) is 5.24. The number of hydrogen-bond acceptors (Lipinski definition) is 3. The Hall–Kier alpha value is -1.06. The third-order valence-electron chi connectivity index (χ3n) is 2.27. The third kappa shape index (κ3) is 2.94. The Labute approximate surface area is 90.0 Å². The largest absolute Gasteiger partial charge is 0.491 e. The van der Waals surface area contributed by atoms with Crippen molar-refractivity contribution < 1.29 is 14.2 Å². The molecule has 15 heavy (non-hydrogen) atoms. The first-order chi connectivity index (χ1) is 7.38. The Balaban J connectivity index is 1.75. The van der Waals surface area contributed by atoms with Gasteiger partial charge in [0.25, 0.3) is 0 Å². The van der Waals surface area contributed by atoms with E-state index in [1.54, 1.807) is 0 Å². The van der Waals surface area contributed by atoms with Gasteiger partial charge in [0, 0.05) is 0 Å². The predicted molar refractivity (Wildman–Crippen MR) is 55.7 cm³/mol. The fraction of sp³-hybridized carbons (Fsp3) is 0.500. The molecule has 1 fully saturated rings. The second-order valence-corrected chi connectivity index (χ2v) is 3.48. The van der Waals surface area contributed by atoms with Crippen molar-refractivity contribution in [1.82, 2.24) is 0 Å². The molecule has 2 unspecified atom stereocenters. The predicted octanol–water partition coefficient (Wildman–Crippen LogP) is 2.02. The van der Waals surface area contributed by atoms with E-state index in [0.717, 1.165) is 12.2 Å². The highest BCUT2D eigenvalue weighted by atomic mass is 16.7. The van der Waals surface area contributed by atoms with E-state index >= 15 is 0 Å². The monoisotopic (exact) mass is 207 g/mol. The molecule has 0 spiro atoms. The van der Waals surface area contributed by atoms with Gasteiger partial charge in [0.1, 0.15) is 18.5 Å². The molecule has 0 amide bonds. The van der Waals surface area contributed by atoms with Crippen molar-refractivity contribution in [3.63, 3.8) is 0 Å². The van der Waals surface area contributed by atoms with E-state index < -0.39 is 0 Å². The van der Waals surface area contributed by atoms with Crippen molar-refractivity contribution in [1.29, 1.82) is 0 Å². The minimum absolute atomic E-state index is 0.0530. The molecule has 1 radical (unpaired) electrons. The lowest BCUT2D eigenvalue weighted by atomic mass is 10.3. The van der Waals surface area contributed by atoms with Gasteiger partial charge >= 0.3 is 0 Å². The molecular weight excluding hydrogens is 192 g/mol. The van der Waals surface area contributed by atoms with E-state index in [1.165, 1.54) is 0 Å². The summed E-state index contributed by atoms with van der Waals surface area (Å²) >= 11 is 0. The quantitative estimate of drug-likeness (QED) is 0.756. The molecular formula is C12H15O3. The first-order valence-electron chi connectivity index (χ1n) is 5.24. The molecule has 81 valence electrons. The van der Waals surface area contributed by atoms with Crippen LogP contribution >= 0.6 is 0 Å². The Morgan fingerprint density at radius 3 is 2.93 bits per heavy atom. The molecule has 1 aromatic carbocycles. The Morgan fingerprint density at radius 1 is 1.47 bits per heavy atom. The molecule has 0 aliphatic carbocycles. The molecule has 1 saturated heterocycles. The molecule has 1 aromatic rings. The minimum Gasteiger partial charge on any atom is -0.491 e. The van der Waals surface area contributed by atoms with Crippen LogP contribution in [-0.4, -0.2) is 25.6 Å². The zero-order chi connectivity index (χ0) is 10.5. The van der Waals surface area contributed by atoms with Crippen molar-refractivity contribution in [2.24, 2.45) is 0 Å². The third-order valence-corrected chi connectivity index (χ3v) is 2.27. The number of benzene rings is 1. The van der Waals surface area contributed by atoms with Crippen LogP contribution < -0.4 is 4.74 Å². The molecule has 0 bridgehead atoms. The average Bonchev–Trinajstić information content (AvgIpc) is 2.76. The van der Waals surface area contributed by atoms with E-state index in [-0.39, 0.29) is 12.4 Å². The minimum atomic E-state index is -0.0530. The zero-order valence-electron chi connectivity index (χ0n) is 8.81. The van der Waals surface area contributed by atoms with Crippen LogP contribution in [-0.2, 0) is 9.47 Å². The van der Waals surface area contributed by atoms with Crippen LogP contribution in [0, 0.1) is 6.07 Å². The molecule has 3 nitrogen and oxygen atoms in total. The summed E-state index contributed by atoms with van der Waals surface area (Å²) in [6.07, 6.45) is 0.887. The van der Waals surface area contributed by atoms with Crippen LogP contribution in [0.5, 0.6) is 5.75 Å². The molecule has 0 N–H and O–H groups in total. The topological polar surface area (TPSA) is 27.7 Å². The van der Waals surface area contributed by atoms with E-state index in [2.05, 4.69) is 6.07 Å². The molecule has 2 rings (SSSR count). The maximum atomic E-state index is 5.58. The van der Waals surface area contributed by atoms with Gasteiger partial charge in [0.2, 0.25) is 0 Å². The molecule has 1 heterocycles. The molecule has 0 aromatic heterocycles. The van der Waals surface area contributed by atoms with E-state index in [4.69, 9.17) is 14.2 Å². The lowest BCUT2D eigenvalue weighted by molar-refractivity contribution is -0.0642. The summed E-state index contributed by atoms with van der Waals surface area (Å²) in [5.41, 5.74) is 0. The standard InChI is InChI=1S/C12H15O3/c1-2-12-14-9-11(15-12)8-13-10-6-4-3-5-7-10/h4-7,11-12H,2,8-9H2,1H3. The molecule has 1 aliphatic rings. The van der Waals surface area contributed by atoms with Crippen molar-refractivity contribution in [3.05, 3.63) is 30.3 Å². The highest BCUT2D eigenvalue weighted by Gasteiger charge is 2.24. The fourth-order valence-electron chi connectivity index (χ4n) is 1.47. The number of hydrogen-bond donors (Lipinski definition) is 0. The fourth-order valence-corrected chi connectivity index (χ4v) is 1.47. The van der Waals surface area contributed by atoms with Gasteiger partial charge in [-0.2, -0.15) is 0 Å². The normalized spacial score (nSPS) is 25.4. The Bertz CT molecular complexity index is 286. The summed E-state index contributed by atoms with van der Waals surface area (Å²) in [6, 6.07) is 10.4. The maximum Gasteiger partial charge on any atom is 0.158 e. The second-order valence-electron chi connectivity index (χ2n) is 3.48. The smallest absolute Gasteiger partial charge is 0.158 e. The van der Waals surface area contributed by atoms with Crippen LogP contribution in [0.4, 0.5) is 0 Å². The van der Waals surface area contributed by atoms with E-state index in [9.17, 15) is 0 Å². The maximum absolute atomic E-state index is 5.58. The van der Waals surface area contributed by atoms with Gasteiger partial charge in [-0.3, -0.25) is 0 Å². The van der Waals surface area contributed by atoms with Gasteiger partial charge in [-0.15, -0.1) is 0 Å². The van der Waals surface area contributed by atoms with Crippen molar-refractivity contribution in [2.45, 2.75) is 25.7 Å². The summed E-state index contributed by atoms with van der Waals surface area (Å²) < 4.78 is 16.5. The van der Waals surface area contributed by atoms with Crippen molar-refractivity contribution in [3.8, 4) is 5.75 Å². The zero-order valence-corrected chi connectivity index (χ0v) is 8.81.